The SMILES string of the molecule is C=CC(C)C(O)[C@H](Cc1ccccc1)N(Cc1ccccc1)Cc1ccccc1. The molecule has 0 aliphatic rings. The Hall–Kier alpha value is -2.68. The molecule has 0 radical (unpaired) electrons. The maximum Gasteiger partial charge on any atom is 0.0758 e. The van der Waals surface area contributed by atoms with Gasteiger partial charge >= 0.3 is 0 Å². The van der Waals surface area contributed by atoms with Crippen LogP contribution in [0.15, 0.2) is 104 Å². The fraction of sp³-hybridized carbons (Fsp3) is 0.259. The van der Waals surface area contributed by atoms with Gasteiger partial charge in [-0.1, -0.05) is 104 Å². The van der Waals surface area contributed by atoms with Gasteiger partial charge in [-0.3, -0.25) is 4.90 Å². The molecule has 3 rings (SSSR count). The molecule has 0 heterocycles. The predicted octanol–water partition coefficient (Wildman–Crippen LogP) is 5.48. The lowest BCUT2D eigenvalue weighted by Gasteiger charge is -2.37. The summed E-state index contributed by atoms with van der Waals surface area (Å²) in [7, 11) is 0. The van der Waals surface area contributed by atoms with Crippen LogP contribution in [-0.2, 0) is 19.5 Å². The van der Waals surface area contributed by atoms with Gasteiger partial charge in [-0.05, 0) is 23.1 Å². The van der Waals surface area contributed by atoms with E-state index < -0.39 is 6.10 Å². The molecule has 3 aromatic rings. The van der Waals surface area contributed by atoms with Gasteiger partial charge in [0, 0.05) is 25.0 Å². The van der Waals surface area contributed by atoms with Crippen LogP contribution < -0.4 is 0 Å². The first-order valence-corrected chi connectivity index (χ1v) is 10.3. The molecule has 0 saturated carbocycles. The Morgan fingerprint density at radius 2 is 1.17 bits per heavy atom. The van der Waals surface area contributed by atoms with Crippen LogP contribution in [-0.4, -0.2) is 22.2 Å². The zero-order chi connectivity index (χ0) is 20.5. The molecule has 0 amide bonds. The van der Waals surface area contributed by atoms with Crippen molar-refractivity contribution in [1.82, 2.24) is 4.90 Å². The van der Waals surface area contributed by atoms with Crippen molar-refractivity contribution >= 4 is 0 Å². The van der Waals surface area contributed by atoms with Gasteiger partial charge in [0.25, 0.3) is 0 Å². The lowest BCUT2D eigenvalue weighted by molar-refractivity contribution is 0.0183. The standard InChI is InChI=1S/C27H31NO/c1-3-22(2)27(29)26(19-23-13-7-4-8-14-23)28(20-24-15-9-5-10-16-24)21-25-17-11-6-12-18-25/h3-18,22,26-27,29H,1,19-21H2,2H3/t22?,26-,27?/m0/s1. The van der Waals surface area contributed by atoms with E-state index in [0.29, 0.717) is 0 Å². The van der Waals surface area contributed by atoms with E-state index in [2.05, 4.69) is 84.3 Å². The van der Waals surface area contributed by atoms with Crippen LogP contribution >= 0.6 is 0 Å². The first-order chi connectivity index (χ1) is 14.2. The average molecular weight is 386 g/mol. The fourth-order valence-electron chi connectivity index (χ4n) is 3.74. The zero-order valence-corrected chi connectivity index (χ0v) is 17.2. The molecule has 2 heteroatoms. The number of hydrogen-bond donors (Lipinski definition) is 1. The van der Waals surface area contributed by atoms with E-state index in [4.69, 9.17) is 0 Å². The second-order valence-corrected chi connectivity index (χ2v) is 7.72. The van der Waals surface area contributed by atoms with E-state index in [1.165, 1.54) is 16.7 Å². The van der Waals surface area contributed by atoms with Crippen molar-refractivity contribution in [2.75, 3.05) is 0 Å². The molecule has 29 heavy (non-hydrogen) atoms. The maximum atomic E-state index is 11.3. The van der Waals surface area contributed by atoms with Crippen molar-refractivity contribution < 1.29 is 5.11 Å². The number of aliphatic hydroxyl groups excluding tert-OH is 1. The van der Waals surface area contributed by atoms with Gasteiger partial charge in [-0.2, -0.15) is 0 Å². The molecule has 0 aliphatic carbocycles. The second-order valence-electron chi connectivity index (χ2n) is 7.72. The molecule has 0 bridgehead atoms. The number of benzene rings is 3. The molecule has 3 atom stereocenters. The first-order valence-electron chi connectivity index (χ1n) is 10.3. The van der Waals surface area contributed by atoms with Gasteiger partial charge < -0.3 is 5.11 Å². The molecule has 1 N–H and O–H groups in total. The van der Waals surface area contributed by atoms with Crippen molar-refractivity contribution in [2.24, 2.45) is 5.92 Å². The average Bonchev–Trinajstić information content (AvgIpc) is 2.78. The molecule has 150 valence electrons. The highest BCUT2D eigenvalue weighted by atomic mass is 16.3. The predicted molar refractivity (Wildman–Crippen MR) is 121 cm³/mol. The van der Waals surface area contributed by atoms with Crippen molar-refractivity contribution in [3.05, 3.63) is 120 Å². The fourth-order valence-corrected chi connectivity index (χ4v) is 3.74. The quantitative estimate of drug-likeness (QED) is 0.467. The lowest BCUT2D eigenvalue weighted by atomic mass is 9.91. The number of hydrogen-bond acceptors (Lipinski definition) is 2. The summed E-state index contributed by atoms with van der Waals surface area (Å²) in [6, 6.07) is 31.4. The monoisotopic (exact) mass is 385 g/mol. The summed E-state index contributed by atoms with van der Waals surface area (Å²) < 4.78 is 0. The topological polar surface area (TPSA) is 23.5 Å². The van der Waals surface area contributed by atoms with Gasteiger partial charge in [-0.25, -0.2) is 0 Å². The van der Waals surface area contributed by atoms with E-state index in [-0.39, 0.29) is 12.0 Å². The summed E-state index contributed by atoms with van der Waals surface area (Å²) in [4.78, 5) is 2.41. The van der Waals surface area contributed by atoms with Crippen molar-refractivity contribution in [3.8, 4) is 0 Å². The summed E-state index contributed by atoms with van der Waals surface area (Å²) in [6.45, 7) is 7.53. The molecule has 0 fully saturated rings. The lowest BCUT2D eigenvalue weighted by Crippen LogP contribution is -2.46. The molecular weight excluding hydrogens is 354 g/mol. The summed E-state index contributed by atoms with van der Waals surface area (Å²) in [5.74, 6) is 0.0118. The summed E-state index contributed by atoms with van der Waals surface area (Å²) in [6.07, 6.45) is 2.14. The molecule has 0 aromatic heterocycles. The van der Waals surface area contributed by atoms with Crippen LogP contribution in [0.25, 0.3) is 0 Å². The van der Waals surface area contributed by atoms with E-state index in [9.17, 15) is 5.11 Å². The van der Waals surface area contributed by atoms with E-state index in [1.54, 1.807) is 0 Å². The van der Waals surface area contributed by atoms with Crippen LogP contribution in [0.2, 0.25) is 0 Å². The van der Waals surface area contributed by atoms with Crippen LogP contribution in [0.5, 0.6) is 0 Å². The van der Waals surface area contributed by atoms with Crippen LogP contribution in [0, 0.1) is 5.92 Å². The normalized spacial score (nSPS) is 14.3. The molecule has 0 aliphatic heterocycles. The Labute approximate surface area is 175 Å². The van der Waals surface area contributed by atoms with E-state index >= 15 is 0 Å². The highest BCUT2D eigenvalue weighted by Gasteiger charge is 2.29. The molecule has 0 saturated heterocycles. The van der Waals surface area contributed by atoms with Gasteiger partial charge in [-0.15, -0.1) is 6.58 Å². The van der Waals surface area contributed by atoms with Crippen LogP contribution in [0.1, 0.15) is 23.6 Å². The first kappa shape index (κ1) is 21.0. The van der Waals surface area contributed by atoms with E-state index in [0.717, 1.165) is 19.5 Å². The maximum absolute atomic E-state index is 11.3. The number of rotatable bonds is 10. The van der Waals surface area contributed by atoms with Crippen LogP contribution in [0.3, 0.4) is 0 Å². The highest BCUT2D eigenvalue weighted by molar-refractivity contribution is 5.20. The Morgan fingerprint density at radius 3 is 1.59 bits per heavy atom. The molecule has 0 spiro atoms. The zero-order valence-electron chi connectivity index (χ0n) is 17.2. The summed E-state index contributed by atoms with van der Waals surface area (Å²) in [5.41, 5.74) is 3.74. The minimum Gasteiger partial charge on any atom is -0.391 e. The van der Waals surface area contributed by atoms with Gasteiger partial charge in [0.05, 0.1) is 6.10 Å². The third-order valence-electron chi connectivity index (χ3n) is 5.52. The Kier molecular flexibility index (Phi) is 7.80. The molecule has 3 aromatic carbocycles. The van der Waals surface area contributed by atoms with Gasteiger partial charge in [0.1, 0.15) is 0 Å². The minimum absolute atomic E-state index is 0.0118. The third-order valence-corrected chi connectivity index (χ3v) is 5.52. The Morgan fingerprint density at radius 1 is 0.759 bits per heavy atom. The van der Waals surface area contributed by atoms with Gasteiger partial charge in [0.2, 0.25) is 0 Å². The smallest absolute Gasteiger partial charge is 0.0758 e. The Balaban J connectivity index is 1.93. The van der Waals surface area contributed by atoms with Crippen molar-refractivity contribution in [3.63, 3.8) is 0 Å². The van der Waals surface area contributed by atoms with Crippen LogP contribution in [0.4, 0.5) is 0 Å². The third kappa shape index (κ3) is 6.15. The van der Waals surface area contributed by atoms with E-state index in [1.807, 2.05) is 31.2 Å². The van der Waals surface area contributed by atoms with Crippen molar-refractivity contribution in [2.45, 2.75) is 38.6 Å². The number of nitrogens with zero attached hydrogens (tertiary/aromatic N) is 1. The minimum atomic E-state index is -0.500. The summed E-state index contributed by atoms with van der Waals surface area (Å²) >= 11 is 0. The molecule has 2 nitrogen and oxygen atoms in total. The highest BCUT2D eigenvalue weighted by Crippen LogP contribution is 2.23. The largest absolute Gasteiger partial charge is 0.391 e. The second kappa shape index (κ2) is 10.8. The van der Waals surface area contributed by atoms with Gasteiger partial charge in [0.15, 0.2) is 0 Å². The Bertz CT molecular complexity index is 806. The molecular formula is C27H31NO. The van der Waals surface area contributed by atoms with Crippen molar-refractivity contribution in [1.29, 1.82) is 0 Å². The number of aliphatic hydroxyl groups is 1. The summed E-state index contributed by atoms with van der Waals surface area (Å²) in [5, 5.41) is 11.3. The molecule has 2 unspecified atom stereocenters.